The van der Waals surface area contributed by atoms with Gasteiger partial charge in [-0.1, -0.05) is 382 Å². The summed E-state index contributed by atoms with van der Waals surface area (Å²) < 4.78 is 7.10. The third-order valence-electron chi connectivity index (χ3n) is 28.1. The minimum absolute atomic E-state index is 0.642. The lowest BCUT2D eigenvalue weighted by molar-refractivity contribution is 1.01. The van der Waals surface area contributed by atoms with E-state index in [9.17, 15) is 0 Å². The summed E-state index contributed by atoms with van der Waals surface area (Å²) in [5.74, 6) is 4.59. The van der Waals surface area contributed by atoms with Crippen LogP contribution in [0.1, 0.15) is 0 Å². The van der Waals surface area contributed by atoms with Crippen molar-refractivity contribution in [2.24, 2.45) is 0 Å². The van der Waals surface area contributed by atoms with E-state index in [-0.39, 0.29) is 0 Å². The van der Waals surface area contributed by atoms with Crippen LogP contribution in [0.4, 0.5) is 0 Å². The molecule has 0 fully saturated rings. The first-order chi connectivity index (χ1) is 69.0. The Hall–Kier alpha value is -18.8. The summed E-state index contributed by atoms with van der Waals surface area (Å²) in [6.45, 7) is 0. The van der Waals surface area contributed by atoms with Gasteiger partial charge in [-0.3, -0.25) is 4.57 Å². The van der Waals surface area contributed by atoms with E-state index in [1.54, 1.807) is 0 Å². The second kappa shape index (κ2) is 32.0. The first kappa shape index (κ1) is 78.8. The van der Waals surface area contributed by atoms with Gasteiger partial charge in [0.2, 0.25) is 5.95 Å². The standard InChI is InChI=1S/2C43H26N4.C42H25N3/c1-3-12-28(13-4-1)41-44-42(29-14-5-2-6-15-29)46-43(45-41)30-17-9-18-31(26-30)47-36-23-11-22-35-33-20-8-7-19-32(33)34-21-10-16-27-24-25-37(47)40(38(27)34)39(35)36;1-3-11-28(12-4-1)41-44-42(29-13-5-2-6-14-29)46-43(45-41)30-21-24-31(25-22-30)47-36-20-10-19-35-33-17-8-7-16-32(33)34-18-9-15-27-23-26-37(47)40(38(27)34)39(35)36;1-3-12-26(13-4-1)29-24-34-31-18-8-7-17-30(31)32-20-11-16-27-22-23-36-40(38(27)32)39(34)37(25-29)45(36)42-43-35-21-10-9-19-33(35)41(44-42)28-14-5-2-6-15-28/h2*1-26H;1-25H. The average molecular weight is 1770 g/mol. The maximum absolute atomic E-state index is 5.36. The fraction of sp³-hybridized carbons (Fsp3) is 0. The molecule has 0 saturated heterocycles. The lowest BCUT2D eigenvalue weighted by Gasteiger charge is -2.15. The molecule has 0 radical (unpaired) electrons. The molecule has 0 atom stereocenters. The van der Waals surface area contributed by atoms with Crippen molar-refractivity contribution in [2.75, 3.05) is 0 Å². The van der Waals surface area contributed by atoms with E-state index >= 15 is 0 Å². The molecule has 3 aliphatic carbocycles. The second-order valence-corrected chi connectivity index (χ2v) is 35.8. The molecule has 11 nitrogen and oxygen atoms in total. The molecule has 21 aromatic carbocycles. The molecule has 139 heavy (non-hydrogen) atoms. The SMILES string of the molecule is c1ccc(-c2cc3c4c5c6c(cccc6ccc5n(-c5nc(-c6ccccc6)c6ccccc6n5)c4c2)-c2ccccc2-3)cc1.c1ccc(-c2nc(-c3ccccc3)nc(-c3ccc(-n4c5cccc6c5c5c7c(cccc7ccc54)-c4ccccc4-6)cc3)n2)cc1.c1ccc(-c2nc(-c3ccccc3)nc(-c3cccc(-n4c5cccc6c5c5c7c(cccc7ccc54)-c4ccccc4-6)c3)n2)cc1. The summed E-state index contributed by atoms with van der Waals surface area (Å²) >= 11 is 0. The van der Waals surface area contributed by atoms with E-state index in [4.69, 9.17) is 39.9 Å². The Kier molecular flexibility index (Phi) is 18.1. The summed E-state index contributed by atoms with van der Waals surface area (Å²) in [4.78, 5) is 40.3. The number of para-hydroxylation sites is 1. The van der Waals surface area contributed by atoms with Crippen LogP contribution in [0.15, 0.2) is 467 Å². The summed E-state index contributed by atoms with van der Waals surface area (Å²) in [6.07, 6.45) is 0. The van der Waals surface area contributed by atoms with Gasteiger partial charge in [0.05, 0.1) is 44.3 Å². The Balaban J connectivity index is 0.000000103. The molecule has 0 amide bonds. The van der Waals surface area contributed by atoms with Gasteiger partial charge in [-0.15, -0.1) is 0 Å². The predicted octanol–water partition coefficient (Wildman–Crippen LogP) is 32.4. The molecule has 30 rings (SSSR count). The number of rotatable bonds is 11. The van der Waals surface area contributed by atoms with Crippen molar-refractivity contribution >= 4 is 109 Å². The van der Waals surface area contributed by atoms with Crippen LogP contribution in [0.5, 0.6) is 0 Å². The molecule has 0 saturated carbocycles. The highest BCUT2D eigenvalue weighted by atomic mass is 15.2. The van der Waals surface area contributed by atoms with Crippen molar-refractivity contribution in [1.82, 2.24) is 53.6 Å². The van der Waals surface area contributed by atoms with E-state index in [0.29, 0.717) is 40.9 Å². The predicted molar refractivity (Wildman–Crippen MR) is 572 cm³/mol. The van der Waals surface area contributed by atoms with E-state index in [2.05, 4.69) is 353 Å². The molecule has 0 aliphatic heterocycles. The highest BCUT2D eigenvalue weighted by Gasteiger charge is 2.32. The van der Waals surface area contributed by atoms with Crippen molar-refractivity contribution in [3.63, 3.8) is 0 Å². The van der Waals surface area contributed by atoms with Gasteiger partial charge >= 0.3 is 0 Å². The molecule has 0 unspecified atom stereocenters. The van der Waals surface area contributed by atoms with Gasteiger partial charge in [-0.05, 0) is 195 Å². The largest absolute Gasteiger partial charge is 0.309 e. The van der Waals surface area contributed by atoms with Crippen molar-refractivity contribution in [2.45, 2.75) is 0 Å². The van der Waals surface area contributed by atoms with Crippen molar-refractivity contribution in [1.29, 1.82) is 0 Å². The number of fused-ring (bicyclic) bond motifs is 10. The molecular formula is C128H77N11. The van der Waals surface area contributed by atoms with Crippen LogP contribution in [-0.2, 0) is 0 Å². The number of aromatic nitrogens is 11. The third kappa shape index (κ3) is 12.8. The van der Waals surface area contributed by atoms with Crippen molar-refractivity contribution < 1.29 is 0 Å². The van der Waals surface area contributed by atoms with Gasteiger partial charge in [0.25, 0.3) is 0 Å². The fourth-order valence-electron chi connectivity index (χ4n) is 22.0. The van der Waals surface area contributed by atoms with E-state index in [0.717, 1.165) is 77.9 Å². The molecule has 0 spiro atoms. The number of nitrogens with zero attached hydrogens (tertiary/aromatic N) is 11. The lowest BCUT2D eigenvalue weighted by atomic mass is 9.92. The molecule has 0 N–H and O–H groups in total. The van der Waals surface area contributed by atoms with Gasteiger partial charge in [0.1, 0.15) is 0 Å². The summed E-state index contributed by atoms with van der Waals surface area (Å²) in [5.41, 5.74) is 35.3. The zero-order valence-electron chi connectivity index (χ0n) is 74.9. The van der Waals surface area contributed by atoms with E-state index in [1.807, 2.05) is 127 Å². The number of hydrogen-bond acceptors (Lipinski definition) is 8. The molecule has 11 heteroatoms. The second-order valence-electron chi connectivity index (χ2n) is 35.8. The first-order valence-electron chi connectivity index (χ1n) is 47.1. The topological polar surface area (TPSA) is 118 Å². The molecule has 3 aliphatic rings. The molecular weight excluding hydrogens is 1690 g/mol. The lowest BCUT2D eigenvalue weighted by Crippen LogP contribution is -2.04. The molecule has 6 aromatic heterocycles. The smallest absolute Gasteiger partial charge is 0.235 e. The minimum atomic E-state index is 0.642. The van der Waals surface area contributed by atoms with Crippen LogP contribution < -0.4 is 0 Å². The van der Waals surface area contributed by atoms with Gasteiger partial charge in [-0.25, -0.2) is 39.9 Å². The molecule has 0 bridgehead atoms. The summed E-state index contributed by atoms with van der Waals surface area (Å²) in [7, 11) is 0. The summed E-state index contributed by atoms with van der Waals surface area (Å²) in [6, 6.07) is 165. The van der Waals surface area contributed by atoms with Crippen LogP contribution in [0.2, 0.25) is 0 Å². The Morgan fingerprint density at radius 2 is 0.453 bits per heavy atom. The zero-order valence-corrected chi connectivity index (χ0v) is 74.9. The van der Waals surface area contributed by atoms with Crippen molar-refractivity contribution in [3.8, 4) is 175 Å². The average Bonchev–Trinajstić information content (AvgIpc) is 1.55. The minimum Gasteiger partial charge on any atom is -0.309 e. The Morgan fingerprint density at radius 3 is 0.885 bits per heavy atom. The van der Waals surface area contributed by atoms with Crippen LogP contribution in [0, 0.1) is 0 Å². The molecule has 27 aromatic rings. The van der Waals surface area contributed by atoms with E-state index in [1.165, 1.54) is 165 Å². The Morgan fingerprint density at radius 1 is 0.144 bits per heavy atom. The third-order valence-corrected chi connectivity index (χ3v) is 28.1. The van der Waals surface area contributed by atoms with Crippen LogP contribution in [0.25, 0.3) is 283 Å². The Labute approximate surface area is 798 Å². The summed E-state index contributed by atoms with van der Waals surface area (Å²) in [5, 5.41) is 16.4. The van der Waals surface area contributed by atoms with Gasteiger partial charge < -0.3 is 9.13 Å². The fourth-order valence-corrected chi connectivity index (χ4v) is 22.0. The molecule has 644 valence electrons. The van der Waals surface area contributed by atoms with Gasteiger partial charge in [0.15, 0.2) is 34.9 Å². The monoisotopic (exact) mass is 1770 g/mol. The highest BCUT2D eigenvalue weighted by Crippen LogP contribution is 2.55. The Bertz CT molecular complexity index is 9620. The maximum Gasteiger partial charge on any atom is 0.235 e. The zero-order chi connectivity index (χ0) is 91.3. The quantitative estimate of drug-likeness (QED) is 0.126. The number of hydrogen-bond donors (Lipinski definition) is 0. The van der Waals surface area contributed by atoms with Crippen LogP contribution in [-0.4, -0.2) is 53.6 Å². The number of benzene rings is 21. The van der Waals surface area contributed by atoms with E-state index < -0.39 is 0 Å². The molecule has 6 heterocycles. The highest BCUT2D eigenvalue weighted by molar-refractivity contribution is 6.34. The van der Waals surface area contributed by atoms with Gasteiger partial charge in [0, 0.05) is 88.0 Å². The maximum atomic E-state index is 5.36. The normalized spacial score (nSPS) is 11.9. The van der Waals surface area contributed by atoms with Crippen LogP contribution >= 0.6 is 0 Å². The first-order valence-corrected chi connectivity index (χ1v) is 47.1. The van der Waals surface area contributed by atoms with Crippen molar-refractivity contribution in [3.05, 3.63) is 467 Å². The van der Waals surface area contributed by atoms with Gasteiger partial charge in [-0.2, -0.15) is 0 Å². The van der Waals surface area contributed by atoms with Crippen LogP contribution in [0.3, 0.4) is 0 Å².